The van der Waals surface area contributed by atoms with Crippen LogP contribution in [0.2, 0.25) is 0 Å². The second-order valence-corrected chi connectivity index (χ2v) is 5.11. The lowest BCUT2D eigenvalue weighted by atomic mass is 10.1. The van der Waals surface area contributed by atoms with Gasteiger partial charge in [0.2, 0.25) is 0 Å². The van der Waals surface area contributed by atoms with Gasteiger partial charge in [-0.2, -0.15) is 0 Å². The zero-order valence-electron chi connectivity index (χ0n) is 12.0. The van der Waals surface area contributed by atoms with Crippen LogP contribution in [-0.2, 0) is 4.74 Å². The molecule has 0 saturated heterocycles. The van der Waals surface area contributed by atoms with E-state index in [2.05, 4.69) is 19.2 Å². The Hall–Kier alpha value is -1.71. The van der Waals surface area contributed by atoms with Crippen LogP contribution in [0.1, 0.15) is 43.5 Å². The van der Waals surface area contributed by atoms with Gasteiger partial charge < -0.3 is 15.8 Å². The van der Waals surface area contributed by atoms with E-state index in [1.807, 2.05) is 0 Å². The normalized spacial score (nSPS) is 10.5. The van der Waals surface area contributed by atoms with E-state index in [0.29, 0.717) is 11.3 Å². The number of nitrogen functional groups attached to an aromatic ring is 1. The molecule has 0 unspecified atom stereocenters. The lowest BCUT2D eigenvalue weighted by Gasteiger charge is -2.11. The minimum absolute atomic E-state index is 0.345. The summed E-state index contributed by atoms with van der Waals surface area (Å²) < 4.78 is 4.69. The fourth-order valence-corrected chi connectivity index (χ4v) is 1.85. The lowest BCUT2D eigenvalue weighted by Crippen LogP contribution is -2.07. The molecule has 0 amide bonds. The number of unbranched alkanes of at least 4 members (excludes halogenated alkanes) is 1. The maximum atomic E-state index is 11.4. The van der Waals surface area contributed by atoms with E-state index in [4.69, 9.17) is 10.5 Å². The minimum atomic E-state index is -0.345. The molecule has 1 aromatic rings. The largest absolute Gasteiger partial charge is 0.465 e. The van der Waals surface area contributed by atoms with Crippen LogP contribution in [0.5, 0.6) is 0 Å². The van der Waals surface area contributed by atoms with Crippen molar-refractivity contribution in [2.75, 3.05) is 24.7 Å². The Kier molecular flexibility index (Phi) is 6.19. The fourth-order valence-electron chi connectivity index (χ4n) is 1.85. The van der Waals surface area contributed by atoms with Crippen molar-refractivity contribution >= 4 is 17.3 Å². The second kappa shape index (κ2) is 7.67. The molecule has 0 aromatic heterocycles. The van der Waals surface area contributed by atoms with E-state index >= 15 is 0 Å². The molecule has 4 heteroatoms. The number of hydrogen-bond acceptors (Lipinski definition) is 4. The van der Waals surface area contributed by atoms with Gasteiger partial charge >= 0.3 is 5.97 Å². The molecule has 106 valence electrons. The Labute approximate surface area is 115 Å². The van der Waals surface area contributed by atoms with Gasteiger partial charge in [-0.3, -0.25) is 0 Å². The highest BCUT2D eigenvalue weighted by atomic mass is 16.5. The molecule has 0 saturated carbocycles. The van der Waals surface area contributed by atoms with E-state index in [1.54, 1.807) is 18.2 Å². The third-order valence-corrected chi connectivity index (χ3v) is 3.00. The van der Waals surface area contributed by atoms with Crippen LogP contribution in [0.15, 0.2) is 18.2 Å². The van der Waals surface area contributed by atoms with Gasteiger partial charge in [-0.25, -0.2) is 4.79 Å². The van der Waals surface area contributed by atoms with E-state index < -0.39 is 0 Å². The number of carbonyl (C=O) groups is 1. The monoisotopic (exact) mass is 264 g/mol. The van der Waals surface area contributed by atoms with Gasteiger partial charge in [-0.1, -0.05) is 26.7 Å². The Balaban J connectivity index is 2.50. The molecular formula is C15H24N2O2. The van der Waals surface area contributed by atoms with Crippen LogP contribution in [0.4, 0.5) is 11.4 Å². The van der Waals surface area contributed by atoms with Crippen LogP contribution >= 0.6 is 0 Å². The van der Waals surface area contributed by atoms with Gasteiger partial charge in [-0.05, 0) is 30.5 Å². The number of methoxy groups -OCH3 is 1. The molecule has 0 aliphatic rings. The summed E-state index contributed by atoms with van der Waals surface area (Å²) in [6.07, 6.45) is 3.53. The average Bonchev–Trinajstić information content (AvgIpc) is 2.39. The summed E-state index contributed by atoms with van der Waals surface area (Å²) in [5.41, 5.74) is 7.84. The molecule has 0 fully saturated rings. The van der Waals surface area contributed by atoms with Crippen molar-refractivity contribution in [2.24, 2.45) is 5.92 Å². The summed E-state index contributed by atoms with van der Waals surface area (Å²) in [6.45, 7) is 5.32. The summed E-state index contributed by atoms with van der Waals surface area (Å²) in [6, 6.07) is 5.14. The highest BCUT2D eigenvalue weighted by Gasteiger charge is 2.08. The number of benzene rings is 1. The molecule has 0 radical (unpaired) electrons. The van der Waals surface area contributed by atoms with Gasteiger partial charge in [-0.15, -0.1) is 0 Å². The Bertz CT molecular complexity index is 417. The predicted octanol–water partition coefficient (Wildman–Crippen LogP) is 3.29. The zero-order chi connectivity index (χ0) is 14.3. The van der Waals surface area contributed by atoms with Gasteiger partial charge in [0, 0.05) is 6.54 Å². The van der Waals surface area contributed by atoms with Crippen LogP contribution in [0, 0.1) is 5.92 Å². The molecule has 3 N–H and O–H groups in total. The lowest BCUT2D eigenvalue weighted by molar-refractivity contribution is 0.0601. The van der Waals surface area contributed by atoms with Gasteiger partial charge in [0.1, 0.15) is 0 Å². The maximum absolute atomic E-state index is 11.4. The van der Waals surface area contributed by atoms with Crippen LogP contribution in [-0.4, -0.2) is 19.6 Å². The maximum Gasteiger partial charge on any atom is 0.337 e. The highest BCUT2D eigenvalue weighted by Crippen LogP contribution is 2.20. The molecule has 0 atom stereocenters. The van der Waals surface area contributed by atoms with E-state index in [9.17, 15) is 4.79 Å². The number of nitrogens with one attached hydrogen (secondary N) is 1. The highest BCUT2D eigenvalue weighted by molar-refractivity contribution is 5.91. The van der Waals surface area contributed by atoms with Crippen molar-refractivity contribution in [1.82, 2.24) is 0 Å². The van der Waals surface area contributed by atoms with E-state index in [-0.39, 0.29) is 5.97 Å². The summed E-state index contributed by atoms with van der Waals surface area (Å²) in [7, 11) is 1.37. The summed E-state index contributed by atoms with van der Waals surface area (Å²) >= 11 is 0. The number of rotatable bonds is 7. The quantitative estimate of drug-likeness (QED) is 0.450. The van der Waals surface area contributed by atoms with E-state index in [0.717, 1.165) is 24.6 Å². The average molecular weight is 264 g/mol. The van der Waals surface area contributed by atoms with Gasteiger partial charge in [0.25, 0.3) is 0 Å². The summed E-state index contributed by atoms with van der Waals surface area (Å²) in [5.74, 6) is 0.399. The molecule has 4 nitrogen and oxygen atoms in total. The molecule has 0 bridgehead atoms. The number of nitrogens with two attached hydrogens (primary N) is 1. The number of esters is 1. The molecule has 0 spiro atoms. The third kappa shape index (κ3) is 5.20. The van der Waals surface area contributed by atoms with Crippen LogP contribution in [0.3, 0.4) is 0 Å². The summed E-state index contributed by atoms with van der Waals surface area (Å²) in [5, 5.41) is 3.27. The first-order valence-corrected chi connectivity index (χ1v) is 6.76. The van der Waals surface area contributed by atoms with Crippen molar-refractivity contribution in [3.8, 4) is 0 Å². The number of anilines is 2. The first kappa shape index (κ1) is 15.3. The summed E-state index contributed by atoms with van der Waals surface area (Å²) in [4.78, 5) is 11.4. The van der Waals surface area contributed by atoms with Crippen molar-refractivity contribution in [1.29, 1.82) is 0 Å². The van der Waals surface area contributed by atoms with E-state index in [1.165, 1.54) is 20.0 Å². The third-order valence-electron chi connectivity index (χ3n) is 3.00. The molecule has 19 heavy (non-hydrogen) atoms. The molecule has 0 aliphatic carbocycles. The van der Waals surface area contributed by atoms with Gasteiger partial charge in [0.15, 0.2) is 0 Å². The topological polar surface area (TPSA) is 64.3 Å². The van der Waals surface area contributed by atoms with Crippen molar-refractivity contribution in [2.45, 2.75) is 33.1 Å². The van der Waals surface area contributed by atoms with Crippen LogP contribution < -0.4 is 11.1 Å². The van der Waals surface area contributed by atoms with Crippen molar-refractivity contribution in [3.63, 3.8) is 0 Å². The molecular weight excluding hydrogens is 240 g/mol. The fraction of sp³-hybridized carbons (Fsp3) is 0.533. The zero-order valence-corrected chi connectivity index (χ0v) is 12.0. The van der Waals surface area contributed by atoms with Crippen LogP contribution in [0.25, 0.3) is 0 Å². The first-order valence-electron chi connectivity index (χ1n) is 6.76. The SMILES string of the molecule is COC(=O)c1ccc(N)c(NCCCCC(C)C)c1. The smallest absolute Gasteiger partial charge is 0.337 e. The van der Waals surface area contributed by atoms with Crippen molar-refractivity contribution in [3.05, 3.63) is 23.8 Å². The molecule has 0 aliphatic heterocycles. The number of ether oxygens (including phenoxy) is 1. The Morgan fingerprint density at radius 1 is 1.37 bits per heavy atom. The minimum Gasteiger partial charge on any atom is -0.465 e. The number of hydrogen-bond donors (Lipinski definition) is 2. The molecule has 1 rings (SSSR count). The second-order valence-electron chi connectivity index (χ2n) is 5.11. The standard InChI is InChI=1S/C15H24N2O2/c1-11(2)6-4-5-9-17-14-10-12(15(18)19-3)7-8-13(14)16/h7-8,10-11,17H,4-6,9,16H2,1-3H3. The Morgan fingerprint density at radius 3 is 2.74 bits per heavy atom. The predicted molar refractivity (Wildman–Crippen MR) is 79.4 cm³/mol. The first-order chi connectivity index (χ1) is 9.04. The van der Waals surface area contributed by atoms with Crippen molar-refractivity contribution < 1.29 is 9.53 Å². The van der Waals surface area contributed by atoms with Gasteiger partial charge in [0.05, 0.1) is 24.0 Å². The Morgan fingerprint density at radius 2 is 2.11 bits per heavy atom. The molecule has 0 heterocycles. The molecule has 1 aromatic carbocycles. The number of carbonyl (C=O) groups excluding carboxylic acids is 1.